The first-order chi connectivity index (χ1) is 8.69. The van der Waals surface area contributed by atoms with E-state index in [0.717, 1.165) is 5.56 Å². The molecule has 0 unspecified atom stereocenters. The van der Waals surface area contributed by atoms with Gasteiger partial charge in [0.25, 0.3) is 0 Å². The topological polar surface area (TPSA) is 75.1 Å². The maximum Gasteiger partial charge on any atom is 0.334 e. The number of ether oxygens (including phenoxy) is 1. The molecule has 0 heterocycles. The summed E-state index contributed by atoms with van der Waals surface area (Å²) in [7, 11) is 0. The summed E-state index contributed by atoms with van der Waals surface area (Å²) in [5, 5.41) is 3.48. The zero-order chi connectivity index (χ0) is 13.4. The highest BCUT2D eigenvalue weighted by atomic mass is 16.5. The smallest absolute Gasteiger partial charge is 0.334 e. The Bertz CT molecular complexity index is 488. The van der Waals surface area contributed by atoms with Crippen molar-refractivity contribution in [1.29, 1.82) is 0 Å². The van der Waals surface area contributed by atoms with Gasteiger partial charge in [-0.1, -0.05) is 35.4 Å². The molecule has 0 bridgehead atoms. The van der Waals surface area contributed by atoms with Crippen molar-refractivity contribution >= 4 is 5.97 Å². The Hall–Kier alpha value is -2.26. The minimum Gasteiger partial charge on any atom is -0.463 e. The summed E-state index contributed by atoms with van der Waals surface area (Å²) in [4.78, 5) is 14.5. The highest BCUT2D eigenvalue weighted by Crippen LogP contribution is 2.15. The van der Waals surface area contributed by atoms with Crippen LogP contribution in [0.1, 0.15) is 19.4 Å². The Kier molecular flexibility index (Phi) is 5.48. The third-order valence-corrected chi connectivity index (χ3v) is 2.38. The van der Waals surface area contributed by atoms with Gasteiger partial charge < -0.3 is 4.74 Å². The van der Waals surface area contributed by atoms with Crippen LogP contribution in [0.15, 0.2) is 46.7 Å². The number of esters is 1. The summed E-state index contributed by atoms with van der Waals surface area (Å²) >= 11 is 0. The molecule has 0 aliphatic heterocycles. The van der Waals surface area contributed by atoms with Gasteiger partial charge in [0.15, 0.2) is 0 Å². The van der Waals surface area contributed by atoms with Crippen LogP contribution in [-0.2, 0) is 16.0 Å². The van der Waals surface area contributed by atoms with Crippen LogP contribution in [0.2, 0.25) is 0 Å². The quantitative estimate of drug-likeness (QED) is 0.262. The van der Waals surface area contributed by atoms with Crippen molar-refractivity contribution in [3.05, 3.63) is 57.6 Å². The van der Waals surface area contributed by atoms with E-state index in [1.54, 1.807) is 13.8 Å². The lowest BCUT2D eigenvalue weighted by Crippen LogP contribution is -2.11. The monoisotopic (exact) mass is 245 g/mol. The Morgan fingerprint density at radius 1 is 1.39 bits per heavy atom. The van der Waals surface area contributed by atoms with Crippen LogP contribution in [0.4, 0.5) is 0 Å². The first kappa shape index (κ1) is 13.8. The van der Waals surface area contributed by atoms with Gasteiger partial charge in [0.05, 0.1) is 6.61 Å². The Labute approximate surface area is 106 Å². The van der Waals surface area contributed by atoms with Crippen LogP contribution < -0.4 is 0 Å². The lowest BCUT2D eigenvalue weighted by molar-refractivity contribution is -0.138. The van der Waals surface area contributed by atoms with Gasteiger partial charge in [-0.3, -0.25) is 0 Å². The van der Waals surface area contributed by atoms with Crippen molar-refractivity contribution in [1.82, 2.24) is 0 Å². The van der Waals surface area contributed by atoms with Gasteiger partial charge in [-0.2, -0.15) is 0 Å². The molecular formula is C13H15N3O2. The molecule has 1 aromatic rings. The maximum absolute atomic E-state index is 11.8. The van der Waals surface area contributed by atoms with Gasteiger partial charge in [0, 0.05) is 22.6 Å². The summed E-state index contributed by atoms with van der Waals surface area (Å²) < 4.78 is 4.96. The van der Waals surface area contributed by atoms with Gasteiger partial charge in [-0.25, -0.2) is 4.79 Å². The predicted octanol–water partition coefficient (Wildman–Crippen LogP) is 3.38. The molecule has 0 N–H and O–H groups in total. The van der Waals surface area contributed by atoms with Crippen LogP contribution >= 0.6 is 0 Å². The molecule has 0 saturated heterocycles. The van der Waals surface area contributed by atoms with Gasteiger partial charge in [0.1, 0.15) is 0 Å². The molecule has 0 aromatic heterocycles. The SMILES string of the molecule is CCOC(=O)/C(Cc1ccccc1)=C(\C)N=[N+]=[N-]. The van der Waals surface area contributed by atoms with E-state index in [2.05, 4.69) is 10.0 Å². The lowest BCUT2D eigenvalue weighted by Gasteiger charge is -2.08. The van der Waals surface area contributed by atoms with Crippen LogP contribution in [0.3, 0.4) is 0 Å². The first-order valence-corrected chi connectivity index (χ1v) is 5.65. The molecule has 5 nitrogen and oxygen atoms in total. The summed E-state index contributed by atoms with van der Waals surface area (Å²) in [5.41, 5.74) is 10.1. The number of benzene rings is 1. The number of hydrogen-bond acceptors (Lipinski definition) is 3. The fourth-order valence-electron chi connectivity index (χ4n) is 1.49. The number of rotatable bonds is 5. The zero-order valence-corrected chi connectivity index (χ0v) is 10.5. The fraction of sp³-hybridized carbons (Fsp3) is 0.308. The van der Waals surface area contributed by atoms with Crippen molar-refractivity contribution in [2.75, 3.05) is 6.61 Å². The van der Waals surface area contributed by atoms with E-state index in [0.29, 0.717) is 24.3 Å². The lowest BCUT2D eigenvalue weighted by atomic mass is 10.0. The van der Waals surface area contributed by atoms with Crippen LogP contribution in [0, 0.1) is 0 Å². The van der Waals surface area contributed by atoms with Gasteiger partial charge in [0.2, 0.25) is 0 Å². The third-order valence-electron chi connectivity index (χ3n) is 2.38. The second-order valence-corrected chi connectivity index (χ2v) is 3.64. The number of allylic oxidation sites excluding steroid dienone is 1. The third kappa shape index (κ3) is 3.96. The summed E-state index contributed by atoms with van der Waals surface area (Å²) in [5.74, 6) is -0.439. The summed E-state index contributed by atoms with van der Waals surface area (Å²) in [6.07, 6.45) is 0.393. The van der Waals surface area contributed by atoms with E-state index in [-0.39, 0.29) is 0 Å². The van der Waals surface area contributed by atoms with E-state index in [1.807, 2.05) is 30.3 Å². The number of nitrogens with zero attached hydrogens (tertiary/aromatic N) is 3. The minimum absolute atomic E-state index is 0.292. The standard InChI is InChI=1S/C13H15N3O2/c1-3-18-13(17)12(10(2)15-16-14)9-11-7-5-4-6-8-11/h4-8H,3,9H2,1-2H3/b12-10+. The van der Waals surface area contributed by atoms with Gasteiger partial charge >= 0.3 is 5.97 Å². The Morgan fingerprint density at radius 3 is 2.61 bits per heavy atom. The molecule has 0 aliphatic rings. The molecule has 5 heteroatoms. The van der Waals surface area contributed by atoms with Crippen LogP contribution in [0.5, 0.6) is 0 Å². The Balaban J connectivity index is 3.02. The van der Waals surface area contributed by atoms with E-state index in [9.17, 15) is 4.79 Å². The zero-order valence-electron chi connectivity index (χ0n) is 10.5. The molecule has 94 valence electrons. The highest BCUT2D eigenvalue weighted by Gasteiger charge is 2.14. The molecule has 0 radical (unpaired) electrons. The summed E-state index contributed by atoms with van der Waals surface area (Å²) in [6.45, 7) is 3.64. The van der Waals surface area contributed by atoms with Crippen LogP contribution in [0.25, 0.3) is 10.4 Å². The van der Waals surface area contributed by atoms with Crippen molar-refractivity contribution in [3.8, 4) is 0 Å². The fourth-order valence-corrected chi connectivity index (χ4v) is 1.49. The van der Waals surface area contributed by atoms with E-state index in [4.69, 9.17) is 10.3 Å². The van der Waals surface area contributed by atoms with Crippen LogP contribution in [-0.4, -0.2) is 12.6 Å². The molecule has 0 fully saturated rings. The first-order valence-electron chi connectivity index (χ1n) is 5.65. The number of hydrogen-bond donors (Lipinski definition) is 0. The molecule has 1 rings (SSSR count). The molecule has 1 aromatic carbocycles. The number of carbonyl (C=O) groups is 1. The highest BCUT2D eigenvalue weighted by molar-refractivity contribution is 5.89. The molecule has 0 atom stereocenters. The van der Waals surface area contributed by atoms with E-state index in [1.165, 1.54) is 0 Å². The number of azide groups is 1. The van der Waals surface area contributed by atoms with E-state index >= 15 is 0 Å². The van der Waals surface area contributed by atoms with Crippen molar-refractivity contribution < 1.29 is 9.53 Å². The molecular weight excluding hydrogens is 230 g/mol. The predicted molar refractivity (Wildman–Crippen MR) is 68.6 cm³/mol. The molecule has 0 spiro atoms. The second kappa shape index (κ2) is 7.14. The van der Waals surface area contributed by atoms with Crippen molar-refractivity contribution in [2.45, 2.75) is 20.3 Å². The van der Waals surface area contributed by atoms with Gasteiger partial charge in [-0.05, 0) is 24.9 Å². The average Bonchev–Trinajstić information content (AvgIpc) is 2.37. The van der Waals surface area contributed by atoms with Crippen molar-refractivity contribution in [2.24, 2.45) is 5.11 Å². The minimum atomic E-state index is -0.439. The maximum atomic E-state index is 11.8. The average molecular weight is 245 g/mol. The molecule has 0 aliphatic carbocycles. The molecule has 18 heavy (non-hydrogen) atoms. The van der Waals surface area contributed by atoms with Crippen molar-refractivity contribution in [3.63, 3.8) is 0 Å². The molecule has 0 saturated carbocycles. The number of carbonyl (C=O) groups excluding carboxylic acids is 1. The van der Waals surface area contributed by atoms with Gasteiger partial charge in [-0.15, -0.1) is 0 Å². The summed E-state index contributed by atoms with van der Waals surface area (Å²) in [6, 6.07) is 9.49. The second-order valence-electron chi connectivity index (χ2n) is 3.64. The van der Waals surface area contributed by atoms with E-state index < -0.39 is 5.97 Å². The molecule has 0 amide bonds. The largest absolute Gasteiger partial charge is 0.463 e. The Morgan fingerprint density at radius 2 is 2.06 bits per heavy atom. The normalized spacial score (nSPS) is 11.2.